The predicted molar refractivity (Wildman–Crippen MR) is 89.6 cm³/mol. The molecule has 124 valence electrons. The number of aromatic amines is 1. The Morgan fingerprint density at radius 3 is 3.00 bits per heavy atom. The van der Waals surface area contributed by atoms with Crippen molar-refractivity contribution in [2.45, 2.75) is 24.5 Å². The zero-order valence-corrected chi connectivity index (χ0v) is 13.9. The van der Waals surface area contributed by atoms with Gasteiger partial charge in [0.15, 0.2) is 0 Å². The fraction of sp³-hybridized carbons (Fsp3) is 0.438. The molecule has 1 fully saturated rings. The second kappa shape index (κ2) is 6.33. The molecule has 1 atom stereocenters. The lowest BCUT2D eigenvalue weighted by atomic mass is 10.1. The number of likely N-dealkylation sites (tertiary alicyclic amines) is 1. The van der Waals surface area contributed by atoms with Crippen molar-refractivity contribution < 1.29 is 13.2 Å². The van der Waals surface area contributed by atoms with Crippen LogP contribution in [0.3, 0.4) is 0 Å². The SMILES string of the molecule is CNS(=O)(=O)C1CCN(C(=O)CCc2ccc3[nH]ccc3c2)C1. The monoisotopic (exact) mass is 335 g/mol. The van der Waals surface area contributed by atoms with Crippen molar-refractivity contribution in [1.82, 2.24) is 14.6 Å². The van der Waals surface area contributed by atoms with E-state index in [-0.39, 0.29) is 5.91 Å². The van der Waals surface area contributed by atoms with Crippen molar-refractivity contribution in [3.63, 3.8) is 0 Å². The van der Waals surface area contributed by atoms with Crippen LogP contribution in [0.15, 0.2) is 30.5 Å². The number of aromatic nitrogens is 1. The molecule has 0 spiro atoms. The zero-order chi connectivity index (χ0) is 16.4. The minimum atomic E-state index is -3.30. The normalized spacial score (nSPS) is 18.7. The van der Waals surface area contributed by atoms with Crippen molar-refractivity contribution in [3.05, 3.63) is 36.0 Å². The van der Waals surface area contributed by atoms with E-state index < -0.39 is 15.3 Å². The van der Waals surface area contributed by atoms with Crippen molar-refractivity contribution in [2.24, 2.45) is 0 Å². The van der Waals surface area contributed by atoms with Crippen LogP contribution in [0.1, 0.15) is 18.4 Å². The molecule has 23 heavy (non-hydrogen) atoms. The number of hydrogen-bond donors (Lipinski definition) is 2. The van der Waals surface area contributed by atoms with Gasteiger partial charge in [-0.2, -0.15) is 0 Å². The molecule has 1 aliphatic rings. The molecular formula is C16H21N3O3S. The fourth-order valence-corrected chi connectivity index (χ4v) is 4.17. The summed E-state index contributed by atoms with van der Waals surface area (Å²) in [6, 6.07) is 8.12. The van der Waals surface area contributed by atoms with Crippen LogP contribution in [0.2, 0.25) is 0 Å². The molecule has 2 aromatic rings. The Labute approximate surface area is 135 Å². The number of carbonyl (C=O) groups excluding carboxylic acids is 1. The van der Waals surface area contributed by atoms with Crippen LogP contribution in [-0.4, -0.2) is 49.6 Å². The van der Waals surface area contributed by atoms with E-state index in [0.717, 1.165) is 16.5 Å². The van der Waals surface area contributed by atoms with Crippen LogP contribution in [-0.2, 0) is 21.2 Å². The van der Waals surface area contributed by atoms with Gasteiger partial charge >= 0.3 is 0 Å². The number of H-pyrrole nitrogens is 1. The van der Waals surface area contributed by atoms with Crippen molar-refractivity contribution in [2.75, 3.05) is 20.1 Å². The van der Waals surface area contributed by atoms with Gasteiger partial charge in [-0.3, -0.25) is 4.79 Å². The molecule has 1 aromatic heterocycles. The Morgan fingerprint density at radius 2 is 2.22 bits per heavy atom. The molecule has 1 amide bonds. The average Bonchev–Trinajstić information content (AvgIpc) is 3.21. The topological polar surface area (TPSA) is 82.3 Å². The molecule has 1 aromatic carbocycles. The second-order valence-corrected chi connectivity index (χ2v) is 8.06. The van der Waals surface area contributed by atoms with Gasteiger partial charge in [0.05, 0.1) is 5.25 Å². The number of carbonyl (C=O) groups is 1. The van der Waals surface area contributed by atoms with Gasteiger partial charge in [0.1, 0.15) is 0 Å². The van der Waals surface area contributed by atoms with Gasteiger partial charge < -0.3 is 9.88 Å². The van der Waals surface area contributed by atoms with Crippen LogP contribution in [0, 0.1) is 0 Å². The summed E-state index contributed by atoms with van der Waals surface area (Å²) >= 11 is 0. The largest absolute Gasteiger partial charge is 0.361 e. The van der Waals surface area contributed by atoms with Gasteiger partial charge in [-0.05, 0) is 49.0 Å². The van der Waals surface area contributed by atoms with Gasteiger partial charge in [-0.1, -0.05) is 6.07 Å². The summed E-state index contributed by atoms with van der Waals surface area (Å²) < 4.78 is 25.9. The zero-order valence-electron chi connectivity index (χ0n) is 13.1. The molecule has 0 saturated carbocycles. The van der Waals surface area contributed by atoms with Crippen molar-refractivity contribution >= 4 is 26.8 Å². The van der Waals surface area contributed by atoms with Gasteiger partial charge in [0.25, 0.3) is 0 Å². The van der Waals surface area contributed by atoms with E-state index in [1.54, 1.807) is 4.90 Å². The Morgan fingerprint density at radius 1 is 1.39 bits per heavy atom. The molecule has 0 bridgehead atoms. The highest BCUT2D eigenvalue weighted by Crippen LogP contribution is 2.19. The van der Waals surface area contributed by atoms with Gasteiger partial charge in [0.2, 0.25) is 15.9 Å². The highest BCUT2D eigenvalue weighted by molar-refractivity contribution is 7.90. The van der Waals surface area contributed by atoms with Gasteiger partial charge in [-0.15, -0.1) is 0 Å². The van der Waals surface area contributed by atoms with Crippen molar-refractivity contribution in [3.8, 4) is 0 Å². The average molecular weight is 335 g/mol. The van der Waals surface area contributed by atoms with E-state index in [4.69, 9.17) is 0 Å². The van der Waals surface area contributed by atoms with Crippen LogP contribution < -0.4 is 4.72 Å². The molecule has 3 rings (SSSR count). The molecule has 1 aliphatic heterocycles. The number of fused-ring (bicyclic) bond motifs is 1. The number of hydrogen-bond acceptors (Lipinski definition) is 3. The lowest BCUT2D eigenvalue weighted by Gasteiger charge is -2.16. The minimum absolute atomic E-state index is 0.0213. The maximum atomic E-state index is 12.3. The Kier molecular flexibility index (Phi) is 4.41. The number of benzene rings is 1. The first-order chi connectivity index (χ1) is 11.0. The Hall–Kier alpha value is -1.86. The summed E-state index contributed by atoms with van der Waals surface area (Å²) in [5, 5.41) is 0.643. The maximum absolute atomic E-state index is 12.3. The van der Waals surface area contributed by atoms with E-state index in [9.17, 15) is 13.2 Å². The molecule has 2 heterocycles. The molecule has 1 saturated heterocycles. The first kappa shape index (κ1) is 16.0. The quantitative estimate of drug-likeness (QED) is 0.863. The highest BCUT2D eigenvalue weighted by atomic mass is 32.2. The summed E-state index contributed by atoms with van der Waals surface area (Å²) in [6.45, 7) is 0.806. The molecule has 0 aliphatic carbocycles. The predicted octanol–water partition coefficient (Wildman–Crippen LogP) is 1.25. The number of amides is 1. The summed E-state index contributed by atoms with van der Waals surface area (Å²) in [7, 11) is -1.88. The molecule has 7 heteroatoms. The number of nitrogens with zero attached hydrogens (tertiary/aromatic N) is 1. The van der Waals surface area contributed by atoms with E-state index in [1.807, 2.05) is 24.4 Å². The summed E-state index contributed by atoms with van der Waals surface area (Å²) in [5.74, 6) is 0.0213. The minimum Gasteiger partial charge on any atom is -0.361 e. The van der Waals surface area contributed by atoms with E-state index in [0.29, 0.717) is 32.4 Å². The van der Waals surface area contributed by atoms with E-state index >= 15 is 0 Å². The van der Waals surface area contributed by atoms with E-state index in [2.05, 4.69) is 15.8 Å². The Balaban J connectivity index is 1.57. The highest BCUT2D eigenvalue weighted by Gasteiger charge is 2.33. The first-order valence-electron chi connectivity index (χ1n) is 7.76. The molecule has 1 unspecified atom stereocenters. The molecule has 2 N–H and O–H groups in total. The summed E-state index contributed by atoms with van der Waals surface area (Å²) in [5.41, 5.74) is 2.20. The summed E-state index contributed by atoms with van der Waals surface area (Å²) in [6.07, 6.45) is 3.47. The van der Waals surface area contributed by atoms with Crippen LogP contribution in [0.4, 0.5) is 0 Å². The molecular weight excluding hydrogens is 314 g/mol. The smallest absolute Gasteiger partial charge is 0.222 e. The third-order valence-electron chi connectivity index (χ3n) is 4.47. The van der Waals surface area contributed by atoms with Crippen LogP contribution >= 0.6 is 0 Å². The lowest BCUT2D eigenvalue weighted by Crippen LogP contribution is -2.36. The standard InChI is InChI=1S/C16H21N3O3S/c1-17-23(21,22)14-7-9-19(11-14)16(20)5-3-12-2-4-15-13(10-12)6-8-18-15/h2,4,6,8,10,14,17-18H,3,5,7,9,11H2,1H3. The summed E-state index contributed by atoms with van der Waals surface area (Å²) in [4.78, 5) is 17.1. The molecule has 6 nitrogen and oxygen atoms in total. The second-order valence-electron chi connectivity index (χ2n) is 5.90. The fourth-order valence-electron chi connectivity index (χ4n) is 3.04. The third-order valence-corrected chi connectivity index (χ3v) is 6.30. The third kappa shape index (κ3) is 3.40. The number of sulfonamides is 1. The van der Waals surface area contributed by atoms with Crippen molar-refractivity contribution in [1.29, 1.82) is 0 Å². The first-order valence-corrected chi connectivity index (χ1v) is 9.30. The van der Waals surface area contributed by atoms with Crippen LogP contribution in [0.25, 0.3) is 10.9 Å². The Bertz CT molecular complexity index is 813. The number of nitrogens with one attached hydrogen (secondary N) is 2. The maximum Gasteiger partial charge on any atom is 0.222 e. The van der Waals surface area contributed by atoms with Gasteiger partial charge in [0, 0.05) is 31.2 Å². The lowest BCUT2D eigenvalue weighted by molar-refractivity contribution is -0.130. The number of aryl methyl sites for hydroxylation is 1. The van der Waals surface area contributed by atoms with E-state index in [1.165, 1.54) is 7.05 Å². The van der Waals surface area contributed by atoms with Crippen LogP contribution in [0.5, 0.6) is 0 Å². The number of rotatable bonds is 5. The molecule has 0 radical (unpaired) electrons. The van der Waals surface area contributed by atoms with Gasteiger partial charge in [-0.25, -0.2) is 13.1 Å².